The van der Waals surface area contributed by atoms with Crippen molar-refractivity contribution < 1.29 is 0 Å². The van der Waals surface area contributed by atoms with Gasteiger partial charge in [-0.05, 0) is 11.6 Å². The average molecular weight is 196 g/mol. The van der Waals surface area contributed by atoms with Crippen molar-refractivity contribution in [3.8, 4) is 12.3 Å². The maximum absolute atomic E-state index is 5.12. The monoisotopic (exact) mass is 195 g/mol. The average Bonchev–Trinajstić information content (AvgIpc) is 2.05. The summed E-state index contributed by atoms with van der Waals surface area (Å²) in [4.78, 5) is 4.00. The SMILES string of the molecule is C#Cc1ccc(CBr)cn1. The van der Waals surface area contributed by atoms with E-state index in [4.69, 9.17) is 6.42 Å². The minimum atomic E-state index is 0.685. The summed E-state index contributed by atoms with van der Waals surface area (Å²) in [5.74, 6) is 2.45. The fourth-order valence-corrected chi connectivity index (χ4v) is 0.921. The number of hydrogen-bond acceptors (Lipinski definition) is 1. The summed E-state index contributed by atoms with van der Waals surface area (Å²) in [7, 11) is 0. The standard InChI is InChI=1S/C8H6BrN/c1-2-8-4-3-7(5-9)6-10-8/h1,3-4,6H,5H2. The van der Waals surface area contributed by atoms with E-state index in [9.17, 15) is 0 Å². The molecule has 0 radical (unpaired) electrons. The lowest BCUT2D eigenvalue weighted by atomic mass is 10.3. The third-order valence-electron chi connectivity index (χ3n) is 1.13. The predicted octanol–water partition coefficient (Wildman–Crippen LogP) is 1.96. The van der Waals surface area contributed by atoms with Crippen molar-refractivity contribution in [2.75, 3.05) is 0 Å². The highest BCUT2D eigenvalue weighted by molar-refractivity contribution is 9.08. The van der Waals surface area contributed by atoms with Gasteiger partial charge in [0.15, 0.2) is 0 Å². The quantitative estimate of drug-likeness (QED) is 0.494. The molecule has 0 aliphatic rings. The predicted molar refractivity (Wildman–Crippen MR) is 44.8 cm³/mol. The molecule has 0 unspecified atom stereocenters. The molecule has 1 rings (SSSR count). The van der Waals surface area contributed by atoms with Crippen molar-refractivity contribution in [1.29, 1.82) is 0 Å². The van der Waals surface area contributed by atoms with Crippen LogP contribution in [-0.4, -0.2) is 4.98 Å². The smallest absolute Gasteiger partial charge is 0.112 e. The van der Waals surface area contributed by atoms with Crippen LogP contribution in [0, 0.1) is 12.3 Å². The van der Waals surface area contributed by atoms with E-state index in [1.54, 1.807) is 6.20 Å². The summed E-state index contributed by atoms with van der Waals surface area (Å²) in [6.07, 6.45) is 6.88. The molecular formula is C8H6BrN. The molecule has 1 nitrogen and oxygen atoms in total. The number of nitrogens with zero attached hydrogens (tertiary/aromatic N) is 1. The van der Waals surface area contributed by atoms with Gasteiger partial charge in [-0.2, -0.15) is 0 Å². The van der Waals surface area contributed by atoms with Gasteiger partial charge < -0.3 is 0 Å². The normalized spacial score (nSPS) is 8.80. The maximum Gasteiger partial charge on any atom is 0.112 e. The number of halogens is 1. The van der Waals surface area contributed by atoms with Gasteiger partial charge in [0.1, 0.15) is 5.69 Å². The maximum atomic E-state index is 5.12. The first-order chi connectivity index (χ1) is 4.86. The molecule has 0 aliphatic heterocycles. The summed E-state index contributed by atoms with van der Waals surface area (Å²) < 4.78 is 0. The molecule has 2 heteroatoms. The van der Waals surface area contributed by atoms with Crippen LogP contribution >= 0.6 is 15.9 Å². The van der Waals surface area contributed by atoms with Crippen LogP contribution in [0.3, 0.4) is 0 Å². The highest BCUT2D eigenvalue weighted by atomic mass is 79.9. The zero-order valence-corrected chi connectivity index (χ0v) is 6.93. The van der Waals surface area contributed by atoms with Gasteiger partial charge in [-0.3, -0.25) is 0 Å². The van der Waals surface area contributed by atoms with Crippen LogP contribution in [0.15, 0.2) is 18.3 Å². The number of rotatable bonds is 1. The summed E-state index contributed by atoms with van der Waals surface area (Å²) in [5.41, 5.74) is 1.82. The van der Waals surface area contributed by atoms with Gasteiger partial charge in [0.25, 0.3) is 0 Å². The van der Waals surface area contributed by atoms with Gasteiger partial charge in [-0.1, -0.05) is 27.9 Å². The fraction of sp³-hybridized carbons (Fsp3) is 0.125. The lowest BCUT2D eigenvalue weighted by Crippen LogP contribution is -1.83. The molecule has 0 bridgehead atoms. The molecule has 0 amide bonds. The van der Waals surface area contributed by atoms with Gasteiger partial charge in [-0.25, -0.2) is 4.98 Å². The first-order valence-electron chi connectivity index (χ1n) is 2.84. The topological polar surface area (TPSA) is 12.9 Å². The lowest BCUT2D eigenvalue weighted by molar-refractivity contribution is 1.23. The Hall–Kier alpha value is -0.810. The Kier molecular flexibility index (Phi) is 2.47. The number of terminal acetylenes is 1. The molecule has 1 aromatic rings. The highest BCUT2D eigenvalue weighted by Gasteiger charge is 1.89. The third-order valence-corrected chi connectivity index (χ3v) is 1.77. The second-order valence-corrected chi connectivity index (χ2v) is 2.39. The summed E-state index contributed by atoms with van der Waals surface area (Å²) in [5, 5.41) is 0.824. The van der Waals surface area contributed by atoms with Crippen LogP contribution in [0.25, 0.3) is 0 Å². The Bertz CT molecular complexity index is 245. The Balaban J connectivity index is 2.93. The molecule has 50 valence electrons. The van der Waals surface area contributed by atoms with Crippen LogP contribution in [-0.2, 0) is 5.33 Å². The minimum absolute atomic E-state index is 0.685. The van der Waals surface area contributed by atoms with Crippen LogP contribution in [0.2, 0.25) is 0 Å². The van der Waals surface area contributed by atoms with E-state index in [-0.39, 0.29) is 0 Å². The van der Waals surface area contributed by atoms with Crippen LogP contribution in [0.5, 0.6) is 0 Å². The Morgan fingerprint density at radius 3 is 2.80 bits per heavy atom. The Morgan fingerprint density at radius 1 is 1.60 bits per heavy atom. The van der Waals surface area contributed by atoms with E-state index >= 15 is 0 Å². The van der Waals surface area contributed by atoms with Gasteiger partial charge in [-0.15, -0.1) is 6.42 Å². The molecule has 0 saturated heterocycles. The van der Waals surface area contributed by atoms with Gasteiger partial charge in [0.05, 0.1) is 0 Å². The first kappa shape index (κ1) is 7.30. The number of pyridine rings is 1. The second-order valence-electron chi connectivity index (χ2n) is 1.83. The summed E-state index contributed by atoms with van der Waals surface area (Å²) in [6.45, 7) is 0. The molecule has 0 saturated carbocycles. The zero-order chi connectivity index (χ0) is 7.40. The molecular weight excluding hydrogens is 190 g/mol. The molecule has 0 fully saturated rings. The zero-order valence-electron chi connectivity index (χ0n) is 5.34. The lowest BCUT2D eigenvalue weighted by Gasteiger charge is -1.92. The molecule has 0 N–H and O–H groups in total. The van der Waals surface area contributed by atoms with Crippen molar-refractivity contribution >= 4 is 15.9 Å². The van der Waals surface area contributed by atoms with E-state index in [2.05, 4.69) is 26.8 Å². The summed E-state index contributed by atoms with van der Waals surface area (Å²) in [6, 6.07) is 3.79. The van der Waals surface area contributed by atoms with Crippen molar-refractivity contribution in [2.45, 2.75) is 5.33 Å². The molecule has 0 aliphatic carbocycles. The van der Waals surface area contributed by atoms with E-state index in [0.717, 1.165) is 10.9 Å². The Labute approximate surface area is 68.6 Å². The largest absolute Gasteiger partial charge is 0.247 e. The van der Waals surface area contributed by atoms with E-state index in [0.29, 0.717) is 5.69 Å². The Morgan fingerprint density at radius 2 is 2.40 bits per heavy atom. The van der Waals surface area contributed by atoms with Crippen LogP contribution in [0.1, 0.15) is 11.3 Å². The molecule has 1 heterocycles. The van der Waals surface area contributed by atoms with Crippen molar-refractivity contribution in [1.82, 2.24) is 4.98 Å². The van der Waals surface area contributed by atoms with Gasteiger partial charge in [0, 0.05) is 11.5 Å². The fourth-order valence-electron chi connectivity index (χ4n) is 0.589. The van der Waals surface area contributed by atoms with E-state index in [1.807, 2.05) is 12.1 Å². The highest BCUT2D eigenvalue weighted by Crippen LogP contribution is 2.03. The molecule has 0 atom stereocenters. The third kappa shape index (κ3) is 1.58. The van der Waals surface area contributed by atoms with Crippen molar-refractivity contribution in [3.05, 3.63) is 29.6 Å². The van der Waals surface area contributed by atoms with Crippen LogP contribution in [0.4, 0.5) is 0 Å². The van der Waals surface area contributed by atoms with Crippen molar-refractivity contribution in [2.24, 2.45) is 0 Å². The summed E-state index contributed by atoms with van der Waals surface area (Å²) >= 11 is 3.31. The number of hydrogen-bond donors (Lipinski definition) is 0. The van der Waals surface area contributed by atoms with Gasteiger partial charge >= 0.3 is 0 Å². The second kappa shape index (κ2) is 3.38. The number of alkyl halides is 1. The minimum Gasteiger partial charge on any atom is -0.247 e. The molecule has 0 spiro atoms. The van der Waals surface area contributed by atoms with Crippen LogP contribution < -0.4 is 0 Å². The van der Waals surface area contributed by atoms with Gasteiger partial charge in [0.2, 0.25) is 0 Å². The first-order valence-corrected chi connectivity index (χ1v) is 3.96. The molecule has 10 heavy (non-hydrogen) atoms. The van der Waals surface area contributed by atoms with E-state index < -0.39 is 0 Å². The molecule has 0 aromatic carbocycles. The number of aromatic nitrogens is 1. The van der Waals surface area contributed by atoms with Crippen molar-refractivity contribution in [3.63, 3.8) is 0 Å². The molecule has 1 aromatic heterocycles. The van der Waals surface area contributed by atoms with E-state index in [1.165, 1.54) is 0 Å².